The zero-order valence-corrected chi connectivity index (χ0v) is 17.0. The van der Waals surface area contributed by atoms with Crippen LogP contribution in [0.25, 0.3) is 0 Å². The first kappa shape index (κ1) is 20.2. The molecule has 6 nitrogen and oxygen atoms in total. The maximum atomic E-state index is 13.2. The van der Waals surface area contributed by atoms with Gasteiger partial charge in [0.2, 0.25) is 0 Å². The molecule has 0 saturated carbocycles. The molecule has 0 bridgehead atoms. The molecular formula is C20H25FN6S. The van der Waals surface area contributed by atoms with E-state index in [-0.39, 0.29) is 11.9 Å². The van der Waals surface area contributed by atoms with E-state index >= 15 is 0 Å². The van der Waals surface area contributed by atoms with Gasteiger partial charge in [0.25, 0.3) is 0 Å². The number of anilines is 1. The average molecular weight is 401 g/mol. The van der Waals surface area contributed by atoms with Crippen molar-refractivity contribution >= 4 is 18.0 Å². The predicted molar refractivity (Wildman–Crippen MR) is 109 cm³/mol. The smallest absolute Gasteiger partial charge is 0.182 e. The van der Waals surface area contributed by atoms with Gasteiger partial charge in [0.15, 0.2) is 10.3 Å². The van der Waals surface area contributed by atoms with Crippen LogP contribution in [0.3, 0.4) is 0 Å². The normalized spacial score (nSPS) is 18.2. The van der Waals surface area contributed by atoms with Gasteiger partial charge in [-0.1, -0.05) is 18.6 Å². The first-order valence-electron chi connectivity index (χ1n) is 9.37. The molecule has 1 aliphatic rings. The molecule has 8 heteroatoms. The zero-order chi connectivity index (χ0) is 20.3. The molecule has 1 atom stereocenters. The molecular weight excluding hydrogens is 375 g/mol. The minimum absolute atomic E-state index is 0.222. The molecule has 1 aliphatic heterocycles. The summed E-state index contributed by atoms with van der Waals surface area (Å²) < 4.78 is 17.0. The lowest BCUT2D eigenvalue weighted by Crippen LogP contribution is -2.41. The summed E-state index contributed by atoms with van der Waals surface area (Å²) in [6.45, 7) is 2.30. The molecule has 1 fully saturated rings. The minimum Gasteiger partial charge on any atom is -0.384 e. The highest BCUT2D eigenvalue weighted by atomic mass is 32.1. The van der Waals surface area contributed by atoms with Crippen LogP contribution in [0.2, 0.25) is 0 Å². The molecule has 0 aliphatic carbocycles. The molecule has 148 valence electrons. The number of rotatable bonds is 4. The number of aromatic nitrogens is 2. The van der Waals surface area contributed by atoms with Crippen molar-refractivity contribution in [2.45, 2.75) is 31.8 Å². The third kappa shape index (κ3) is 4.16. The van der Waals surface area contributed by atoms with Crippen LogP contribution in [0.4, 0.5) is 10.2 Å². The van der Waals surface area contributed by atoms with Crippen LogP contribution in [0.5, 0.6) is 0 Å². The molecule has 1 aromatic carbocycles. The number of hydrogen-bond donors (Lipinski definition) is 1. The van der Waals surface area contributed by atoms with Crippen LogP contribution in [-0.4, -0.2) is 33.2 Å². The van der Waals surface area contributed by atoms with Gasteiger partial charge in [0.1, 0.15) is 23.3 Å². The maximum absolute atomic E-state index is 13.2. The van der Waals surface area contributed by atoms with Gasteiger partial charge in [-0.2, -0.15) is 5.26 Å². The summed E-state index contributed by atoms with van der Waals surface area (Å²) in [5.41, 5.74) is 8.03. The Bertz CT molecular complexity index is 1020. The first-order valence-corrected chi connectivity index (χ1v) is 9.77. The Hall–Kier alpha value is -2.50. The van der Waals surface area contributed by atoms with Crippen molar-refractivity contribution in [2.24, 2.45) is 19.1 Å². The van der Waals surface area contributed by atoms with Crippen molar-refractivity contribution < 1.29 is 4.39 Å². The van der Waals surface area contributed by atoms with Crippen molar-refractivity contribution in [1.82, 2.24) is 14.0 Å². The van der Waals surface area contributed by atoms with E-state index in [1.165, 1.54) is 12.1 Å². The summed E-state index contributed by atoms with van der Waals surface area (Å²) in [6, 6.07) is 9.06. The van der Waals surface area contributed by atoms with E-state index in [2.05, 4.69) is 11.0 Å². The quantitative estimate of drug-likeness (QED) is 0.801. The number of piperidine rings is 1. The molecule has 28 heavy (non-hydrogen) atoms. The standard InChI is InChI=1S/C20H25FN6S/c1-25-18(23)17(11-22)19(26(2)20(25)28)24-12-16-5-3-4-10-27(16)13-14-6-8-15(21)9-7-14/h6-9,16H,3-5,10,12-13,23H2,1-2H3. The SMILES string of the molecule is Cn1c(N)c(C#N)c(=NCC2CCCCN2Cc2ccc(F)cc2)n(C)c1=S. The van der Waals surface area contributed by atoms with Crippen molar-refractivity contribution in [3.05, 3.63) is 51.5 Å². The van der Waals surface area contributed by atoms with Gasteiger partial charge in [0.05, 0.1) is 6.54 Å². The Balaban J connectivity index is 1.88. The first-order chi connectivity index (χ1) is 13.4. The molecule has 2 heterocycles. The van der Waals surface area contributed by atoms with Crippen molar-refractivity contribution in [3.63, 3.8) is 0 Å². The van der Waals surface area contributed by atoms with E-state index in [4.69, 9.17) is 22.9 Å². The third-order valence-corrected chi connectivity index (χ3v) is 5.89. The van der Waals surface area contributed by atoms with Gasteiger partial charge in [-0.05, 0) is 49.3 Å². The fourth-order valence-corrected chi connectivity index (χ4v) is 3.84. The van der Waals surface area contributed by atoms with Crippen LogP contribution in [0.15, 0.2) is 29.3 Å². The molecule has 1 unspecified atom stereocenters. The molecule has 0 radical (unpaired) electrons. The van der Waals surface area contributed by atoms with E-state index in [1.807, 2.05) is 12.1 Å². The highest BCUT2D eigenvalue weighted by molar-refractivity contribution is 7.71. The number of nitriles is 1. The van der Waals surface area contributed by atoms with E-state index in [0.29, 0.717) is 28.2 Å². The highest BCUT2D eigenvalue weighted by Crippen LogP contribution is 2.20. The summed E-state index contributed by atoms with van der Waals surface area (Å²) in [7, 11) is 3.55. The lowest BCUT2D eigenvalue weighted by Gasteiger charge is -2.35. The second-order valence-electron chi connectivity index (χ2n) is 7.18. The highest BCUT2D eigenvalue weighted by Gasteiger charge is 2.22. The zero-order valence-electron chi connectivity index (χ0n) is 16.2. The van der Waals surface area contributed by atoms with Crippen LogP contribution in [0, 0.1) is 21.9 Å². The molecule has 3 rings (SSSR count). The van der Waals surface area contributed by atoms with E-state index in [0.717, 1.165) is 37.9 Å². The Morgan fingerprint density at radius 1 is 1.25 bits per heavy atom. The fourth-order valence-electron chi connectivity index (χ4n) is 3.65. The van der Waals surface area contributed by atoms with Crippen molar-refractivity contribution in [3.8, 4) is 6.07 Å². The number of halogens is 1. The Labute approximate surface area is 169 Å². The number of likely N-dealkylation sites (tertiary alicyclic amines) is 1. The Kier molecular flexibility index (Phi) is 6.27. The molecule has 0 amide bonds. The number of nitrogen functional groups attached to an aromatic ring is 1. The Morgan fingerprint density at radius 3 is 2.64 bits per heavy atom. The summed E-state index contributed by atoms with van der Waals surface area (Å²) in [4.78, 5) is 7.13. The summed E-state index contributed by atoms with van der Waals surface area (Å²) in [5, 5.41) is 9.55. The summed E-state index contributed by atoms with van der Waals surface area (Å²) >= 11 is 5.40. The third-order valence-electron chi connectivity index (χ3n) is 5.34. The van der Waals surface area contributed by atoms with Gasteiger partial charge >= 0.3 is 0 Å². The van der Waals surface area contributed by atoms with E-state index in [9.17, 15) is 9.65 Å². The van der Waals surface area contributed by atoms with Crippen LogP contribution < -0.4 is 11.2 Å². The topological polar surface area (TPSA) is 75.3 Å². The van der Waals surface area contributed by atoms with Gasteiger partial charge < -0.3 is 14.9 Å². The fraction of sp³-hybridized carbons (Fsp3) is 0.450. The van der Waals surface area contributed by atoms with Crippen LogP contribution in [-0.2, 0) is 20.6 Å². The van der Waals surface area contributed by atoms with E-state index < -0.39 is 0 Å². The van der Waals surface area contributed by atoms with E-state index in [1.54, 1.807) is 23.2 Å². The number of hydrogen-bond acceptors (Lipinski definition) is 5. The lowest BCUT2D eigenvalue weighted by molar-refractivity contribution is 0.144. The number of nitrogens with two attached hydrogens (primary N) is 1. The van der Waals surface area contributed by atoms with Gasteiger partial charge in [0, 0.05) is 26.7 Å². The van der Waals surface area contributed by atoms with Crippen molar-refractivity contribution in [2.75, 3.05) is 18.8 Å². The summed E-state index contributed by atoms with van der Waals surface area (Å²) in [6.07, 6.45) is 3.32. The number of nitrogens with zero attached hydrogens (tertiary/aromatic N) is 5. The number of benzene rings is 1. The second kappa shape index (κ2) is 8.67. The van der Waals surface area contributed by atoms with Gasteiger partial charge in [-0.3, -0.25) is 9.89 Å². The van der Waals surface area contributed by atoms with Crippen molar-refractivity contribution in [1.29, 1.82) is 5.26 Å². The molecule has 2 aromatic rings. The van der Waals surface area contributed by atoms with Crippen LogP contribution >= 0.6 is 12.2 Å². The second-order valence-corrected chi connectivity index (χ2v) is 7.55. The van der Waals surface area contributed by atoms with Crippen LogP contribution in [0.1, 0.15) is 30.4 Å². The minimum atomic E-state index is -0.222. The summed E-state index contributed by atoms with van der Waals surface area (Å²) in [5.74, 6) is 0.108. The van der Waals surface area contributed by atoms with Gasteiger partial charge in [-0.25, -0.2) is 4.39 Å². The monoisotopic (exact) mass is 400 g/mol. The largest absolute Gasteiger partial charge is 0.384 e. The predicted octanol–water partition coefficient (Wildman–Crippen LogP) is 2.64. The molecule has 2 N–H and O–H groups in total. The molecule has 0 spiro atoms. The molecule has 1 aromatic heterocycles. The lowest BCUT2D eigenvalue weighted by atomic mass is 10.0. The Morgan fingerprint density at radius 2 is 1.96 bits per heavy atom. The average Bonchev–Trinajstić information content (AvgIpc) is 2.70. The van der Waals surface area contributed by atoms with Gasteiger partial charge in [-0.15, -0.1) is 0 Å². The molecule has 1 saturated heterocycles. The maximum Gasteiger partial charge on any atom is 0.182 e.